The van der Waals surface area contributed by atoms with Crippen molar-refractivity contribution in [1.29, 1.82) is 0 Å². The summed E-state index contributed by atoms with van der Waals surface area (Å²) in [6.07, 6.45) is 6.98. The molecule has 0 aliphatic heterocycles. The van der Waals surface area contributed by atoms with Crippen LogP contribution in [-0.4, -0.2) is 28.6 Å². The van der Waals surface area contributed by atoms with Gasteiger partial charge in [-0.3, -0.25) is 0 Å². The third-order valence-corrected chi connectivity index (χ3v) is 4.67. The predicted molar refractivity (Wildman–Crippen MR) is 76.6 cm³/mol. The zero-order valence-electron chi connectivity index (χ0n) is 10.6. The summed E-state index contributed by atoms with van der Waals surface area (Å²) in [4.78, 5) is 11.2. The minimum absolute atomic E-state index is 0.364. The molecule has 3 nitrogen and oxygen atoms in total. The summed E-state index contributed by atoms with van der Waals surface area (Å²) >= 11 is 1.88. The van der Waals surface area contributed by atoms with Gasteiger partial charge in [0.2, 0.25) is 0 Å². The van der Waals surface area contributed by atoms with E-state index in [9.17, 15) is 9.90 Å². The second-order valence-electron chi connectivity index (χ2n) is 4.66. The molecule has 1 aromatic carbocycles. The second kappa shape index (κ2) is 6.14. The maximum atomic E-state index is 11.2. The molecule has 2 atom stereocenters. The van der Waals surface area contributed by atoms with Gasteiger partial charge >= 0.3 is 5.97 Å². The van der Waals surface area contributed by atoms with E-state index in [0.717, 1.165) is 12.1 Å². The number of thioether (sulfide) groups is 1. The van der Waals surface area contributed by atoms with E-state index in [0.29, 0.717) is 16.9 Å². The molecule has 0 heterocycles. The first-order valence-electron chi connectivity index (χ1n) is 6.34. The van der Waals surface area contributed by atoms with Crippen molar-refractivity contribution >= 4 is 23.4 Å². The van der Waals surface area contributed by atoms with E-state index in [4.69, 9.17) is 0 Å². The Balaban J connectivity index is 2.15. The van der Waals surface area contributed by atoms with Gasteiger partial charge in [0.1, 0.15) is 0 Å². The average Bonchev–Trinajstić information content (AvgIpc) is 2.40. The normalized spacial score (nSPS) is 23.6. The van der Waals surface area contributed by atoms with Crippen LogP contribution in [0, 0.1) is 0 Å². The minimum Gasteiger partial charge on any atom is -0.478 e. The molecular formula is C14H19NO2S. The van der Waals surface area contributed by atoms with Crippen molar-refractivity contribution in [3.8, 4) is 0 Å². The zero-order chi connectivity index (χ0) is 13.0. The van der Waals surface area contributed by atoms with E-state index in [1.54, 1.807) is 12.1 Å². The fraction of sp³-hybridized carbons (Fsp3) is 0.500. The Morgan fingerprint density at radius 2 is 2.06 bits per heavy atom. The average molecular weight is 265 g/mol. The van der Waals surface area contributed by atoms with Crippen LogP contribution in [0.25, 0.3) is 0 Å². The quantitative estimate of drug-likeness (QED) is 0.875. The van der Waals surface area contributed by atoms with Crippen LogP contribution in [-0.2, 0) is 0 Å². The van der Waals surface area contributed by atoms with Gasteiger partial charge in [0.05, 0.1) is 5.56 Å². The summed E-state index contributed by atoms with van der Waals surface area (Å²) < 4.78 is 0. The number of rotatable bonds is 4. The lowest BCUT2D eigenvalue weighted by Gasteiger charge is -2.32. The monoisotopic (exact) mass is 265 g/mol. The lowest BCUT2D eigenvalue weighted by molar-refractivity contribution is 0.0698. The van der Waals surface area contributed by atoms with Crippen LogP contribution < -0.4 is 5.32 Å². The Hall–Kier alpha value is -1.16. The predicted octanol–water partition coefficient (Wildman–Crippen LogP) is 3.47. The molecule has 1 saturated carbocycles. The number of para-hydroxylation sites is 1. The first-order chi connectivity index (χ1) is 8.72. The van der Waals surface area contributed by atoms with Gasteiger partial charge in [-0.25, -0.2) is 4.79 Å². The van der Waals surface area contributed by atoms with Gasteiger partial charge < -0.3 is 10.4 Å². The van der Waals surface area contributed by atoms with Gasteiger partial charge in [0.25, 0.3) is 0 Å². The molecule has 4 heteroatoms. The summed E-state index contributed by atoms with van der Waals surface area (Å²) in [6.45, 7) is 0. The maximum Gasteiger partial charge on any atom is 0.337 e. The lowest BCUT2D eigenvalue weighted by Crippen LogP contribution is -2.34. The standard InChI is InChI=1S/C14H19NO2S/c1-18-13-9-5-4-8-12(13)15-11-7-3-2-6-10(11)14(16)17/h2-3,6-7,12-13,15H,4-5,8-9H2,1H3,(H,16,17). The molecule has 0 bridgehead atoms. The van der Waals surface area contributed by atoms with E-state index in [2.05, 4.69) is 11.6 Å². The summed E-state index contributed by atoms with van der Waals surface area (Å²) in [6, 6.07) is 7.54. The van der Waals surface area contributed by atoms with E-state index < -0.39 is 5.97 Å². The summed E-state index contributed by atoms with van der Waals surface area (Å²) in [7, 11) is 0. The highest BCUT2D eigenvalue weighted by Crippen LogP contribution is 2.30. The third kappa shape index (κ3) is 2.99. The van der Waals surface area contributed by atoms with Gasteiger partial charge in [0.15, 0.2) is 0 Å². The van der Waals surface area contributed by atoms with E-state index in [1.165, 1.54) is 19.3 Å². The largest absolute Gasteiger partial charge is 0.478 e. The molecule has 0 saturated heterocycles. The highest BCUT2D eigenvalue weighted by atomic mass is 32.2. The van der Waals surface area contributed by atoms with Crippen LogP contribution in [0.1, 0.15) is 36.0 Å². The van der Waals surface area contributed by atoms with Crippen molar-refractivity contribution in [3.05, 3.63) is 29.8 Å². The Morgan fingerprint density at radius 3 is 2.78 bits per heavy atom. The van der Waals surface area contributed by atoms with Crippen molar-refractivity contribution < 1.29 is 9.90 Å². The van der Waals surface area contributed by atoms with Crippen molar-refractivity contribution in [2.24, 2.45) is 0 Å². The maximum absolute atomic E-state index is 11.2. The number of anilines is 1. The molecule has 2 unspecified atom stereocenters. The molecule has 1 aliphatic rings. The highest BCUT2D eigenvalue weighted by Gasteiger charge is 2.25. The molecule has 1 aliphatic carbocycles. The smallest absolute Gasteiger partial charge is 0.337 e. The van der Waals surface area contributed by atoms with Gasteiger partial charge in [0, 0.05) is 17.0 Å². The molecule has 0 aromatic heterocycles. The molecule has 2 N–H and O–H groups in total. The molecule has 98 valence electrons. The molecule has 2 rings (SSSR count). The lowest BCUT2D eigenvalue weighted by atomic mass is 9.94. The molecule has 1 aromatic rings. The number of hydrogen-bond donors (Lipinski definition) is 2. The Labute approximate surface area is 112 Å². The number of carbonyl (C=O) groups is 1. The fourth-order valence-electron chi connectivity index (χ4n) is 2.54. The van der Waals surface area contributed by atoms with Crippen molar-refractivity contribution in [2.75, 3.05) is 11.6 Å². The van der Waals surface area contributed by atoms with Crippen LogP contribution in [0.2, 0.25) is 0 Å². The highest BCUT2D eigenvalue weighted by molar-refractivity contribution is 7.99. The fourth-order valence-corrected chi connectivity index (χ4v) is 3.47. The Morgan fingerprint density at radius 1 is 1.33 bits per heavy atom. The molecule has 1 fully saturated rings. The molecule has 0 radical (unpaired) electrons. The Kier molecular flexibility index (Phi) is 4.53. The minimum atomic E-state index is -0.866. The van der Waals surface area contributed by atoms with Gasteiger partial charge in [-0.1, -0.05) is 25.0 Å². The Bertz CT molecular complexity index is 422. The summed E-state index contributed by atoms with van der Waals surface area (Å²) in [5, 5.41) is 13.2. The number of benzene rings is 1. The van der Waals surface area contributed by atoms with E-state index in [1.807, 2.05) is 23.9 Å². The molecule has 18 heavy (non-hydrogen) atoms. The number of nitrogens with one attached hydrogen (secondary N) is 1. The molecular weight excluding hydrogens is 246 g/mol. The first kappa shape index (κ1) is 13.3. The summed E-state index contributed by atoms with van der Waals surface area (Å²) in [5.41, 5.74) is 1.11. The first-order valence-corrected chi connectivity index (χ1v) is 7.63. The van der Waals surface area contributed by atoms with Crippen LogP contribution in [0.5, 0.6) is 0 Å². The number of carboxylic acids is 1. The van der Waals surface area contributed by atoms with Crippen LogP contribution >= 0.6 is 11.8 Å². The zero-order valence-corrected chi connectivity index (χ0v) is 11.4. The molecule has 0 amide bonds. The van der Waals surface area contributed by atoms with Gasteiger partial charge in [-0.05, 0) is 31.2 Å². The third-order valence-electron chi connectivity index (χ3n) is 3.50. The SMILES string of the molecule is CSC1CCCCC1Nc1ccccc1C(=O)O. The van der Waals surface area contributed by atoms with Crippen LogP contribution in [0.4, 0.5) is 5.69 Å². The van der Waals surface area contributed by atoms with Crippen molar-refractivity contribution in [1.82, 2.24) is 0 Å². The number of aromatic carboxylic acids is 1. The van der Waals surface area contributed by atoms with Crippen molar-refractivity contribution in [2.45, 2.75) is 37.0 Å². The van der Waals surface area contributed by atoms with Crippen LogP contribution in [0.3, 0.4) is 0 Å². The van der Waals surface area contributed by atoms with Crippen LogP contribution in [0.15, 0.2) is 24.3 Å². The second-order valence-corrected chi connectivity index (χ2v) is 5.74. The number of carboxylic acid groups (broad SMARTS) is 1. The van der Waals surface area contributed by atoms with Gasteiger partial charge in [-0.2, -0.15) is 11.8 Å². The number of hydrogen-bond acceptors (Lipinski definition) is 3. The molecule has 0 spiro atoms. The topological polar surface area (TPSA) is 49.3 Å². The van der Waals surface area contributed by atoms with Crippen molar-refractivity contribution in [3.63, 3.8) is 0 Å². The van der Waals surface area contributed by atoms with Gasteiger partial charge in [-0.15, -0.1) is 0 Å². The van der Waals surface area contributed by atoms with E-state index >= 15 is 0 Å². The van der Waals surface area contributed by atoms with E-state index in [-0.39, 0.29) is 0 Å². The summed E-state index contributed by atoms with van der Waals surface area (Å²) in [5.74, 6) is -0.866.